The van der Waals surface area contributed by atoms with E-state index in [4.69, 9.17) is 11.6 Å². The molecule has 1 atom stereocenters. The van der Waals surface area contributed by atoms with Gasteiger partial charge in [-0.3, -0.25) is 9.10 Å². The van der Waals surface area contributed by atoms with Crippen LogP contribution in [0.25, 0.3) is 0 Å². The molecule has 0 saturated heterocycles. The Kier molecular flexibility index (Phi) is 7.36. The number of carbonyl (C=O) groups is 1. The molecule has 0 spiro atoms. The lowest BCUT2D eigenvalue weighted by Crippen LogP contribution is -2.33. The highest BCUT2D eigenvalue weighted by molar-refractivity contribution is 7.92. The van der Waals surface area contributed by atoms with Gasteiger partial charge in [-0.25, -0.2) is 8.42 Å². The number of nitrogens with one attached hydrogen (secondary N) is 1. The van der Waals surface area contributed by atoms with Crippen molar-refractivity contribution in [2.45, 2.75) is 30.7 Å². The summed E-state index contributed by atoms with van der Waals surface area (Å²) in [4.78, 5) is 12.7. The van der Waals surface area contributed by atoms with Gasteiger partial charge in [-0.1, -0.05) is 41.9 Å². The normalized spacial score (nSPS) is 12.2. The lowest BCUT2D eigenvalue weighted by Gasteiger charge is -2.20. The molecule has 0 aliphatic carbocycles. The number of hydrogen-bond acceptors (Lipinski definition) is 3. The highest BCUT2D eigenvalue weighted by Crippen LogP contribution is 2.23. The quantitative estimate of drug-likeness (QED) is 0.523. The molecule has 162 valence electrons. The van der Waals surface area contributed by atoms with E-state index in [2.05, 4.69) is 17.4 Å². The van der Waals surface area contributed by atoms with Crippen molar-refractivity contribution in [1.29, 1.82) is 0 Å². The highest BCUT2D eigenvalue weighted by atomic mass is 35.5. The summed E-state index contributed by atoms with van der Waals surface area (Å²) in [5, 5.41) is 3.46. The lowest BCUT2D eigenvalue weighted by atomic mass is 10.1. The van der Waals surface area contributed by atoms with Crippen LogP contribution in [0.1, 0.15) is 29.3 Å². The van der Waals surface area contributed by atoms with E-state index in [0.717, 1.165) is 12.8 Å². The van der Waals surface area contributed by atoms with Crippen LogP contribution in [0, 0.1) is 0 Å². The Hall–Kier alpha value is -2.83. The van der Waals surface area contributed by atoms with Crippen LogP contribution in [0.3, 0.4) is 0 Å². The fraction of sp³-hybridized carbons (Fsp3) is 0.208. The van der Waals surface area contributed by atoms with Crippen LogP contribution in [-0.4, -0.2) is 27.4 Å². The molecular formula is C24H25ClN2O3S. The van der Waals surface area contributed by atoms with Crippen LogP contribution in [0.4, 0.5) is 5.69 Å². The monoisotopic (exact) mass is 456 g/mol. The van der Waals surface area contributed by atoms with Crippen molar-refractivity contribution >= 4 is 33.2 Å². The number of carbonyl (C=O) groups excluding carboxylic acids is 1. The number of hydrogen-bond donors (Lipinski definition) is 1. The van der Waals surface area contributed by atoms with Crippen molar-refractivity contribution in [2.24, 2.45) is 0 Å². The Labute approximate surface area is 188 Å². The largest absolute Gasteiger partial charge is 0.350 e. The molecule has 0 saturated carbocycles. The maximum absolute atomic E-state index is 12.8. The zero-order valence-corrected chi connectivity index (χ0v) is 19.0. The first-order valence-corrected chi connectivity index (χ1v) is 11.8. The molecule has 7 heteroatoms. The molecule has 3 aromatic rings. The molecule has 3 aromatic carbocycles. The molecule has 0 bridgehead atoms. The summed E-state index contributed by atoms with van der Waals surface area (Å²) >= 11 is 5.85. The lowest BCUT2D eigenvalue weighted by molar-refractivity contribution is 0.0938. The number of sulfonamides is 1. The third kappa shape index (κ3) is 5.87. The first-order valence-electron chi connectivity index (χ1n) is 9.97. The van der Waals surface area contributed by atoms with E-state index in [-0.39, 0.29) is 16.8 Å². The zero-order valence-electron chi connectivity index (χ0n) is 17.5. The molecular weight excluding hydrogens is 432 g/mol. The van der Waals surface area contributed by atoms with Crippen LogP contribution in [-0.2, 0) is 16.4 Å². The average molecular weight is 457 g/mol. The number of aryl methyl sites for hydroxylation is 1. The van der Waals surface area contributed by atoms with Crippen molar-refractivity contribution in [2.75, 3.05) is 11.4 Å². The first-order chi connectivity index (χ1) is 14.8. The summed E-state index contributed by atoms with van der Waals surface area (Å²) in [5.41, 5.74) is 2.18. The second-order valence-electron chi connectivity index (χ2n) is 7.37. The van der Waals surface area contributed by atoms with E-state index < -0.39 is 10.0 Å². The summed E-state index contributed by atoms with van der Waals surface area (Å²) in [6.07, 6.45) is 1.71. The molecule has 0 aliphatic heterocycles. The number of anilines is 1. The minimum atomic E-state index is -3.72. The van der Waals surface area contributed by atoms with Crippen molar-refractivity contribution in [3.63, 3.8) is 0 Å². The predicted molar refractivity (Wildman–Crippen MR) is 125 cm³/mol. The predicted octanol–water partition coefficient (Wildman–Crippen LogP) is 4.92. The van der Waals surface area contributed by atoms with Crippen LogP contribution in [0.5, 0.6) is 0 Å². The number of benzene rings is 3. The molecule has 0 unspecified atom stereocenters. The van der Waals surface area contributed by atoms with E-state index in [1.165, 1.54) is 41.2 Å². The van der Waals surface area contributed by atoms with Crippen LogP contribution in [0.2, 0.25) is 5.02 Å². The third-order valence-corrected chi connectivity index (χ3v) is 7.10. The molecule has 31 heavy (non-hydrogen) atoms. The van der Waals surface area contributed by atoms with Gasteiger partial charge in [0.15, 0.2) is 0 Å². The van der Waals surface area contributed by atoms with Crippen LogP contribution >= 0.6 is 11.6 Å². The maximum Gasteiger partial charge on any atom is 0.264 e. The summed E-state index contributed by atoms with van der Waals surface area (Å²) in [7, 11) is -2.24. The molecule has 1 N–H and O–H groups in total. The van der Waals surface area contributed by atoms with Gasteiger partial charge in [0.25, 0.3) is 15.9 Å². The number of amides is 1. The standard InChI is InChI=1S/C24H25ClN2O3S/c1-18(8-9-19-6-4-3-5-7-19)26-24(28)20-10-14-22(15-11-20)27(2)31(29,30)23-16-12-21(25)13-17-23/h3-7,10-18H,8-9H2,1-2H3,(H,26,28)/t18-/m1/s1. The fourth-order valence-corrected chi connectivity index (χ4v) is 4.45. The average Bonchev–Trinajstić information content (AvgIpc) is 2.78. The Balaban J connectivity index is 1.62. The van der Waals surface area contributed by atoms with Crippen molar-refractivity contribution in [1.82, 2.24) is 5.32 Å². The van der Waals surface area contributed by atoms with E-state index in [9.17, 15) is 13.2 Å². The van der Waals surface area contributed by atoms with Gasteiger partial charge < -0.3 is 5.32 Å². The van der Waals surface area contributed by atoms with Crippen LogP contribution in [0.15, 0.2) is 83.8 Å². The number of rotatable bonds is 8. The summed E-state index contributed by atoms with van der Waals surface area (Å²) < 4.78 is 26.8. The maximum atomic E-state index is 12.8. The van der Waals surface area contributed by atoms with E-state index in [0.29, 0.717) is 16.3 Å². The minimum absolute atomic E-state index is 0.0142. The van der Waals surface area contributed by atoms with Crippen LogP contribution < -0.4 is 9.62 Å². The van der Waals surface area contributed by atoms with E-state index in [1.807, 2.05) is 25.1 Å². The molecule has 5 nitrogen and oxygen atoms in total. The fourth-order valence-electron chi connectivity index (χ4n) is 3.13. The van der Waals surface area contributed by atoms with Gasteiger partial charge in [0.05, 0.1) is 10.6 Å². The summed E-state index contributed by atoms with van der Waals surface area (Å²) in [6.45, 7) is 1.97. The Morgan fingerprint density at radius 1 is 0.968 bits per heavy atom. The third-order valence-electron chi connectivity index (χ3n) is 5.05. The van der Waals surface area contributed by atoms with Gasteiger partial charge in [-0.15, -0.1) is 0 Å². The summed E-state index contributed by atoms with van der Waals surface area (Å²) in [6, 6.07) is 22.6. The van der Waals surface area contributed by atoms with E-state index in [1.54, 1.807) is 24.3 Å². The second kappa shape index (κ2) is 9.98. The summed E-state index contributed by atoms with van der Waals surface area (Å²) in [5.74, 6) is -0.185. The number of nitrogens with zero attached hydrogens (tertiary/aromatic N) is 1. The smallest absolute Gasteiger partial charge is 0.264 e. The topological polar surface area (TPSA) is 66.5 Å². The van der Waals surface area contributed by atoms with Gasteiger partial charge in [0.1, 0.15) is 0 Å². The molecule has 0 radical (unpaired) electrons. The van der Waals surface area contributed by atoms with Gasteiger partial charge in [0, 0.05) is 23.7 Å². The molecule has 3 rings (SSSR count). The Morgan fingerprint density at radius 2 is 1.58 bits per heavy atom. The van der Waals surface area contributed by atoms with Gasteiger partial charge in [0.2, 0.25) is 0 Å². The Morgan fingerprint density at radius 3 is 2.19 bits per heavy atom. The van der Waals surface area contributed by atoms with Gasteiger partial charge in [-0.2, -0.15) is 0 Å². The van der Waals surface area contributed by atoms with Gasteiger partial charge in [-0.05, 0) is 73.9 Å². The Bertz CT molecular complexity index is 1120. The van der Waals surface area contributed by atoms with Crippen molar-refractivity contribution in [3.05, 3.63) is 95.0 Å². The molecule has 0 fully saturated rings. The highest BCUT2D eigenvalue weighted by Gasteiger charge is 2.21. The second-order valence-corrected chi connectivity index (χ2v) is 9.78. The van der Waals surface area contributed by atoms with E-state index >= 15 is 0 Å². The number of halogens is 1. The first kappa shape index (κ1) is 22.8. The SMILES string of the molecule is C[C@H](CCc1ccccc1)NC(=O)c1ccc(N(C)S(=O)(=O)c2ccc(Cl)cc2)cc1. The molecule has 0 heterocycles. The zero-order chi connectivity index (χ0) is 22.4. The van der Waals surface area contributed by atoms with Crippen molar-refractivity contribution in [3.8, 4) is 0 Å². The van der Waals surface area contributed by atoms with Crippen molar-refractivity contribution < 1.29 is 13.2 Å². The molecule has 0 aromatic heterocycles. The van der Waals surface area contributed by atoms with Gasteiger partial charge >= 0.3 is 0 Å². The molecule has 0 aliphatic rings. The minimum Gasteiger partial charge on any atom is -0.350 e. The molecule has 1 amide bonds.